The van der Waals surface area contributed by atoms with Crippen molar-refractivity contribution in [3.05, 3.63) is 92.4 Å². The van der Waals surface area contributed by atoms with Crippen molar-refractivity contribution in [2.45, 2.75) is 19.4 Å². The SMILES string of the molecule is Cc1c(Br)ccc(CN(CCN2CCN(C(=O)O)CC2)C(=O)OCC2c3ccccc3-c3ccccc32)c1Cl. The van der Waals surface area contributed by atoms with Crippen molar-refractivity contribution in [1.82, 2.24) is 14.7 Å². The smallest absolute Gasteiger partial charge is 0.410 e. The quantitative estimate of drug-likeness (QED) is 0.332. The molecule has 1 fully saturated rings. The Labute approximate surface area is 242 Å². The minimum atomic E-state index is -0.893. The highest BCUT2D eigenvalue weighted by molar-refractivity contribution is 9.10. The first-order chi connectivity index (χ1) is 18.8. The molecule has 0 unspecified atom stereocenters. The zero-order chi connectivity index (χ0) is 27.5. The summed E-state index contributed by atoms with van der Waals surface area (Å²) in [6, 6.07) is 20.4. The van der Waals surface area contributed by atoms with Gasteiger partial charge in [0.2, 0.25) is 0 Å². The molecule has 9 heteroatoms. The van der Waals surface area contributed by atoms with Crippen molar-refractivity contribution in [1.29, 1.82) is 0 Å². The second-order valence-corrected chi connectivity index (χ2v) is 11.2. The molecule has 5 rings (SSSR count). The molecular weight excluding hydrogens is 582 g/mol. The van der Waals surface area contributed by atoms with E-state index in [0.717, 1.165) is 15.6 Å². The predicted octanol–water partition coefficient (Wildman–Crippen LogP) is 6.46. The summed E-state index contributed by atoms with van der Waals surface area (Å²) in [5.41, 5.74) is 6.47. The van der Waals surface area contributed by atoms with E-state index in [2.05, 4.69) is 45.1 Å². The number of rotatable bonds is 7. The Bertz CT molecular complexity index is 1330. The molecule has 1 saturated heterocycles. The van der Waals surface area contributed by atoms with Gasteiger partial charge >= 0.3 is 12.2 Å². The van der Waals surface area contributed by atoms with E-state index in [1.54, 1.807) is 4.90 Å². The van der Waals surface area contributed by atoms with Gasteiger partial charge in [0.05, 0.1) is 6.54 Å². The van der Waals surface area contributed by atoms with Gasteiger partial charge in [-0.25, -0.2) is 9.59 Å². The highest BCUT2D eigenvalue weighted by Crippen LogP contribution is 2.44. The summed E-state index contributed by atoms with van der Waals surface area (Å²) in [6.07, 6.45) is -1.28. The van der Waals surface area contributed by atoms with Crippen LogP contribution in [0.5, 0.6) is 0 Å². The number of carboxylic acid groups (broad SMARTS) is 1. The first kappa shape index (κ1) is 27.5. The lowest BCUT2D eigenvalue weighted by molar-refractivity contribution is 0.0815. The summed E-state index contributed by atoms with van der Waals surface area (Å²) in [6.45, 7) is 5.73. The average molecular weight is 613 g/mol. The lowest BCUT2D eigenvalue weighted by Gasteiger charge is -2.34. The molecule has 1 N–H and O–H groups in total. The van der Waals surface area contributed by atoms with E-state index in [1.807, 2.05) is 43.3 Å². The Morgan fingerprint density at radius 3 is 2.23 bits per heavy atom. The Kier molecular flexibility index (Phi) is 8.45. The van der Waals surface area contributed by atoms with Crippen LogP contribution in [0.2, 0.25) is 5.02 Å². The number of carbonyl (C=O) groups excluding carboxylic acids is 1. The van der Waals surface area contributed by atoms with Gasteiger partial charge in [-0.3, -0.25) is 4.90 Å². The van der Waals surface area contributed by atoms with Crippen LogP contribution in [0.1, 0.15) is 28.2 Å². The molecule has 2 amide bonds. The number of fused-ring (bicyclic) bond motifs is 3. The number of piperazine rings is 1. The second kappa shape index (κ2) is 12.0. The van der Waals surface area contributed by atoms with Crippen LogP contribution in [0.15, 0.2) is 65.1 Å². The van der Waals surface area contributed by atoms with Gasteiger partial charge in [0.15, 0.2) is 0 Å². The molecule has 0 atom stereocenters. The topological polar surface area (TPSA) is 73.3 Å². The van der Waals surface area contributed by atoms with E-state index in [1.165, 1.54) is 27.2 Å². The van der Waals surface area contributed by atoms with Crippen molar-refractivity contribution in [2.75, 3.05) is 45.9 Å². The number of halogens is 2. The lowest BCUT2D eigenvalue weighted by Crippen LogP contribution is -2.50. The number of amides is 2. The van der Waals surface area contributed by atoms with Crippen LogP contribution in [0, 0.1) is 6.92 Å². The van der Waals surface area contributed by atoms with Gasteiger partial charge in [-0.15, -0.1) is 0 Å². The molecule has 1 heterocycles. The molecule has 1 aliphatic heterocycles. The van der Waals surface area contributed by atoms with E-state index >= 15 is 0 Å². The summed E-state index contributed by atoms with van der Waals surface area (Å²) in [5.74, 6) is -0.0224. The lowest BCUT2D eigenvalue weighted by atomic mass is 9.98. The van der Waals surface area contributed by atoms with E-state index in [4.69, 9.17) is 16.3 Å². The maximum atomic E-state index is 13.6. The minimum absolute atomic E-state index is 0.0224. The number of benzene rings is 3. The molecule has 204 valence electrons. The molecule has 0 bridgehead atoms. The van der Waals surface area contributed by atoms with Gasteiger partial charge in [-0.2, -0.15) is 0 Å². The molecule has 0 spiro atoms. The fourth-order valence-corrected chi connectivity index (χ4v) is 6.06. The first-order valence-electron chi connectivity index (χ1n) is 13.1. The highest BCUT2D eigenvalue weighted by Gasteiger charge is 2.30. The van der Waals surface area contributed by atoms with E-state index in [-0.39, 0.29) is 12.5 Å². The highest BCUT2D eigenvalue weighted by atomic mass is 79.9. The van der Waals surface area contributed by atoms with E-state index in [9.17, 15) is 14.7 Å². The number of ether oxygens (including phenoxy) is 1. The third kappa shape index (κ3) is 5.93. The van der Waals surface area contributed by atoms with Gasteiger partial charge < -0.3 is 19.6 Å². The zero-order valence-corrected chi connectivity index (χ0v) is 24.1. The Morgan fingerprint density at radius 1 is 1.00 bits per heavy atom. The monoisotopic (exact) mass is 611 g/mol. The molecule has 39 heavy (non-hydrogen) atoms. The predicted molar refractivity (Wildman–Crippen MR) is 155 cm³/mol. The summed E-state index contributed by atoms with van der Waals surface area (Å²) >= 11 is 10.2. The largest absolute Gasteiger partial charge is 0.465 e. The molecule has 1 aliphatic carbocycles. The van der Waals surface area contributed by atoms with E-state index in [0.29, 0.717) is 50.8 Å². The van der Waals surface area contributed by atoms with Crippen molar-refractivity contribution in [3.63, 3.8) is 0 Å². The Balaban J connectivity index is 1.30. The first-order valence-corrected chi connectivity index (χ1v) is 14.2. The fraction of sp³-hybridized carbons (Fsp3) is 0.333. The standard InChI is InChI=1S/C30H31BrClN3O4/c1-20-27(31)11-10-21(28(20)32)18-35(17-14-33-12-15-34(16-13-33)29(36)37)30(38)39-19-26-24-8-4-2-6-22(24)23-7-3-5-9-25(23)26/h2-11,26H,12-19H2,1H3,(H,36,37). The number of nitrogens with zero attached hydrogens (tertiary/aromatic N) is 3. The van der Waals surface area contributed by atoms with Crippen LogP contribution >= 0.6 is 27.5 Å². The number of hydrogen-bond donors (Lipinski definition) is 1. The molecule has 3 aromatic carbocycles. The zero-order valence-electron chi connectivity index (χ0n) is 21.8. The Hall–Kier alpha value is -3.07. The third-order valence-electron chi connectivity index (χ3n) is 7.68. The summed E-state index contributed by atoms with van der Waals surface area (Å²) in [7, 11) is 0. The summed E-state index contributed by atoms with van der Waals surface area (Å²) in [5, 5.41) is 9.86. The van der Waals surface area contributed by atoms with Crippen molar-refractivity contribution in [3.8, 4) is 11.1 Å². The molecule has 0 aromatic heterocycles. The fourth-order valence-electron chi connectivity index (χ4n) is 5.39. The van der Waals surface area contributed by atoms with Gasteiger partial charge in [0.25, 0.3) is 0 Å². The van der Waals surface area contributed by atoms with Crippen LogP contribution < -0.4 is 0 Å². The van der Waals surface area contributed by atoms with Gasteiger partial charge in [-0.05, 0) is 46.4 Å². The van der Waals surface area contributed by atoms with E-state index < -0.39 is 12.2 Å². The molecular formula is C30H31BrClN3O4. The maximum absolute atomic E-state index is 13.6. The van der Waals surface area contributed by atoms with Crippen molar-refractivity contribution < 1.29 is 19.4 Å². The van der Waals surface area contributed by atoms with Gasteiger partial charge in [0, 0.05) is 54.7 Å². The molecule has 0 saturated carbocycles. The number of carbonyl (C=O) groups is 2. The maximum Gasteiger partial charge on any atom is 0.410 e. The third-order valence-corrected chi connectivity index (χ3v) is 9.07. The minimum Gasteiger partial charge on any atom is -0.465 e. The Morgan fingerprint density at radius 2 is 1.62 bits per heavy atom. The van der Waals surface area contributed by atoms with Crippen LogP contribution in [0.4, 0.5) is 9.59 Å². The van der Waals surface area contributed by atoms with Crippen LogP contribution in [-0.4, -0.2) is 77.9 Å². The molecule has 2 aliphatic rings. The molecule has 7 nitrogen and oxygen atoms in total. The summed E-state index contributed by atoms with van der Waals surface area (Å²) < 4.78 is 6.90. The van der Waals surface area contributed by atoms with Crippen molar-refractivity contribution >= 4 is 39.7 Å². The van der Waals surface area contributed by atoms with Crippen LogP contribution in [0.25, 0.3) is 11.1 Å². The van der Waals surface area contributed by atoms with Gasteiger partial charge in [-0.1, -0.05) is 82.1 Å². The second-order valence-electron chi connectivity index (χ2n) is 9.98. The van der Waals surface area contributed by atoms with Crippen LogP contribution in [-0.2, 0) is 11.3 Å². The van der Waals surface area contributed by atoms with Crippen molar-refractivity contribution in [2.24, 2.45) is 0 Å². The molecule has 0 radical (unpaired) electrons. The summed E-state index contributed by atoms with van der Waals surface area (Å²) in [4.78, 5) is 30.1. The van der Waals surface area contributed by atoms with Crippen LogP contribution in [0.3, 0.4) is 0 Å². The van der Waals surface area contributed by atoms with Gasteiger partial charge in [0.1, 0.15) is 6.61 Å². The molecule has 3 aromatic rings. The number of hydrogen-bond acceptors (Lipinski definition) is 4. The average Bonchev–Trinajstić information content (AvgIpc) is 3.27. The normalized spacial score (nSPS) is 15.1.